The van der Waals surface area contributed by atoms with Gasteiger partial charge in [0.25, 0.3) is 0 Å². The average Bonchev–Trinajstić information content (AvgIpc) is 2.83. The number of rotatable bonds is 9. The number of amides is 1. The number of nitrogens with zero attached hydrogens (tertiary/aromatic N) is 1. The molecule has 0 heterocycles. The van der Waals surface area contributed by atoms with Gasteiger partial charge in [-0.25, -0.2) is 5.43 Å². The quantitative estimate of drug-likeness (QED) is 0.257. The first kappa shape index (κ1) is 26.5. The van der Waals surface area contributed by atoms with E-state index in [0.717, 1.165) is 12.3 Å². The molecule has 190 valence electrons. The van der Waals surface area contributed by atoms with E-state index < -0.39 is 38.2 Å². The van der Waals surface area contributed by atoms with Crippen molar-refractivity contribution in [2.45, 2.75) is 17.5 Å². The summed E-state index contributed by atoms with van der Waals surface area (Å²) in [4.78, 5) is 11.7. The lowest BCUT2D eigenvalue weighted by Gasteiger charge is -2.12. The van der Waals surface area contributed by atoms with Crippen molar-refractivity contribution in [3.05, 3.63) is 83.4 Å². The SMILES string of the molecule is COc1ccc(CC(=O)NN=Cc2cc(C(F)(F)F)ccc2S(=O)(=O)Oc2ccccc2)cc1OC. The molecule has 1 amide bonds. The van der Waals surface area contributed by atoms with Crippen LogP contribution in [0.5, 0.6) is 17.2 Å². The van der Waals surface area contributed by atoms with Gasteiger partial charge in [-0.05, 0) is 48.0 Å². The van der Waals surface area contributed by atoms with E-state index in [2.05, 4.69) is 10.5 Å². The predicted molar refractivity (Wildman–Crippen MR) is 125 cm³/mol. The zero-order valence-corrected chi connectivity index (χ0v) is 19.9. The van der Waals surface area contributed by atoms with Crippen LogP contribution < -0.4 is 19.1 Å². The van der Waals surface area contributed by atoms with Crippen molar-refractivity contribution in [1.29, 1.82) is 0 Å². The second kappa shape index (κ2) is 11.1. The maximum Gasteiger partial charge on any atom is 0.416 e. The molecule has 8 nitrogen and oxygen atoms in total. The molecule has 0 atom stereocenters. The minimum Gasteiger partial charge on any atom is -0.493 e. The summed E-state index contributed by atoms with van der Waals surface area (Å²) < 4.78 is 80.6. The summed E-state index contributed by atoms with van der Waals surface area (Å²) in [5, 5.41) is 3.65. The van der Waals surface area contributed by atoms with Gasteiger partial charge < -0.3 is 13.7 Å². The molecule has 3 aromatic carbocycles. The number of carbonyl (C=O) groups excluding carboxylic acids is 1. The molecular formula is C24H21F3N2O6S. The molecule has 12 heteroatoms. The van der Waals surface area contributed by atoms with E-state index >= 15 is 0 Å². The molecule has 0 fully saturated rings. The number of nitrogens with one attached hydrogen (secondary N) is 1. The van der Waals surface area contributed by atoms with Crippen LogP contribution in [0.4, 0.5) is 13.2 Å². The number of hydrogen-bond donors (Lipinski definition) is 1. The average molecular weight is 523 g/mol. The topological polar surface area (TPSA) is 103 Å². The maximum atomic E-state index is 13.2. The number of benzene rings is 3. The number of methoxy groups -OCH3 is 2. The normalized spacial score (nSPS) is 11.8. The first-order valence-corrected chi connectivity index (χ1v) is 11.7. The van der Waals surface area contributed by atoms with Crippen molar-refractivity contribution in [2.75, 3.05) is 14.2 Å². The second-order valence-electron chi connectivity index (χ2n) is 7.26. The molecule has 0 radical (unpaired) electrons. The Morgan fingerprint density at radius 1 is 0.972 bits per heavy atom. The predicted octanol–water partition coefficient (Wildman–Crippen LogP) is 4.18. The zero-order chi connectivity index (χ0) is 26.3. The third kappa shape index (κ3) is 6.75. The van der Waals surface area contributed by atoms with Gasteiger partial charge >= 0.3 is 16.3 Å². The van der Waals surface area contributed by atoms with Crippen molar-refractivity contribution in [3.63, 3.8) is 0 Å². The van der Waals surface area contributed by atoms with Crippen molar-refractivity contribution in [3.8, 4) is 17.2 Å². The lowest BCUT2D eigenvalue weighted by atomic mass is 10.1. The van der Waals surface area contributed by atoms with Crippen LogP contribution in [0.2, 0.25) is 0 Å². The lowest BCUT2D eigenvalue weighted by Crippen LogP contribution is -2.20. The molecule has 0 aromatic heterocycles. The fourth-order valence-corrected chi connectivity index (χ4v) is 4.18. The van der Waals surface area contributed by atoms with Crippen molar-refractivity contribution in [2.24, 2.45) is 5.10 Å². The highest BCUT2D eigenvalue weighted by atomic mass is 32.2. The highest BCUT2D eigenvalue weighted by molar-refractivity contribution is 7.87. The Hall–Kier alpha value is -4.06. The first-order chi connectivity index (χ1) is 17.0. The molecule has 0 unspecified atom stereocenters. The Morgan fingerprint density at radius 2 is 1.67 bits per heavy atom. The van der Waals surface area contributed by atoms with Crippen LogP contribution in [0.3, 0.4) is 0 Å². The summed E-state index contributed by atoms with van der Waals surface area (Å²) in [6, 6.07) is 14.3. The number of ether oxygens (including phenoxy) is 2. The molecule has 0 aliphatic carbocycles. The van der Waals surface area contributed by atoms with Gasteiger partial charge in [-0.2, -0.15) is 26.7 Å². The maximum absolute atomic E-state index is 13.2. The molecule has 0 bridgehead atoms. The van der Waals surface area contributed by atoms with Crippen LogP contribution >= 0.6 is 0 Å². The molecule has 0 saturated heterocycles. The number of halogens is 3. The van der Waals surface area contributed by atoms with Gasteiger partial charge in [0.15, 0.2) is 11.5 Å². The largest absolute Gasteiger partial charge is 0.493 e. The molecule has 0 spiro atoms. The van der Waals surface area contributed by atoms with E-state index in [9.17, 15) is 26.4 Å². The van der Waals surface area contributed by atoms with Gasteiger partial charge in [0.05, 0.1) is 32.4 Å². The summed E-state index contributed by atoms with van der Waals surface area (Å²) in [5.41, 5.74) is 1.21. The van der Waals surface area contributed by atoms with Gasteiger partial charge in [-0.15, -0.1) is 0 Å². The third-order valence-corrected chi connectivity index (χ3v) is 6.08. The fraction of sp³-hybridized carbons (Fsp3) is 0.167. The Balaban J connectivity index is 1.83. The van der Waals surface area contributed by atoms with Crippen LogP contribution in [0.15, 0.2) is 76.7 Å². The molecule has 0 aliphatic heterocycles. The molecule has 3 aromatic rings. The molecule has 1 N–H and O–H groups in total. The van der Waals surface area contributed by atoms with E-state index in [0.29, 0.717) is 29.2 Å². The number of alkyl halides is 3. The van der Waals surface area contributed by atoms with Crippen LogP contribution in [-0.2, 0) is 27.5 Å². The molecule has 3 rings (SSSR count). The van der Waals surface area contributed by atoms with Crippen LogP contribution in [-0.4, -0.2) is 34.8 Å². The Morgan fingerprint density at radius 3 is 2.31 bits per heavy atom. The van der Waals surface area contributed by atoms with Gasteiger partial charge in [0.1, 0.15) is 10.6 Å². The number of carbonyl (C=O) groups is 1. The Bertz CT molecular complexity index is 1360. The van der Waals surface area contributed by atoms with Crippen LogP contribution in [0.25, 0.3) is 0 Å². The van der Waals surface area contributed by atoms with Gasteiger partial charge in [-0.1, -0.05) is 24.3 Å². The highest BCUT2D eigenvalue weighted by Gasteiger charge is 2.32. The van der Waals surface area contributed by atoms with Crippen molar-refractivity contribution < 1.29 is 40.0 Å². The summed E-state index contributed by atoms with van der Waals surface area (Å²) in [6.45, 7) is 0. The first-order valence-electron chi connectivity index (χ1n) is 10.3. The van der Waals surface area contributed by atoms with Crippen LogP contribution in [0, 0.1) is 0 Å². The van der Waals surface area contributed by atoms with E-state index in [1.54, 1.807) is 24.3 Å². The van der Waals surface area contributed by atoms with Gasteiger partial charge in [-0.3, -0.25) is 4.79 Å². The van der Waals surface area contributed by atoms with E-state index in [1.807, 2.05) is 0 Å². The fourth-order valence-electron chi connectivity index (χ4n) is 3.09. The third-order valence-electron chi connectivity index (χ3n) is 4.76. The highest BCUT2D eigenvalue weighted by Crippen LogP contribution is 2.32. The standard InChI is InChI=1S/C24H21F3N2O6S/c1-33-20-10-8-16(12-21(20)34-2)13-23(30)29-28-15-17-14-18(24(25,26)27)9-11-22(17)36(31,32)35-19-6-4-3-5-7-19/h3-12,14-15H,13H2,1-2H3,(H,29,30). The molecule has 36 heavy (non-hydrogen) atoms. The van der Waals surface area contributed by atoms with Crippen molar-refractivity contribution in [1.82, 2.24) is 5.43 Å². The summed E-state index contributed by atoms with van der Waals surface area (Å²) >= 11 is 0. The zero-order valence-electron chi connectivity index (χ0n) is 19.1. The van der Waals surface area contributed by atoms with E-state index in [-0.39, 0.29) is 12.2 Å². The molecular weight excluding hydrogens is 501 g/mol. The Labute approximate surface area is 205 Å². The smallest absolute Gasteiger partial charge is 0.416 e. The molecule has 0 saturated carbocycles. The number of hydrogen-bond acceptors (Lipinski definition) is 7. The number of para-hydroxylation sites is 1. The second-order valence-corrected chi connectivity index (χ2v) is 8.77. The minimum absolute atomic E-state index is 0.0245. The van der Waals surface area contributed by atoms with Crippen molar-refractivity contribution >= 4 is 22.2 Å². The van der Waals surface area contributed by atoms with Gasteiger partial charge in [0, 0.05) is 5.56 Å². The summed E-state index contributed by atoms with van der Waals surface area (Å²) in [6.07, 6.45) is -4.06. The monoisotopic (exact) mass is 522 g/mol. The Kier molecular flexibility index (Phi) is 8.20. The number of hydrazone groups is 1. The summed E-state index contributed by atoms with van der Waals surface area (Å²) in [5.74, 6) is 0.248. The van der Waals surface area contributed by atoms with E-state index in [4.69, 9.17) is 13.7 Å². The van der Waals surface area contributed by atoms with Gasteiger partial charge in [0.2, 0.25) is 5.91 Å². The lowest BCUT2D eigenvalue weighted by molar-refractivity contribution is -0.137. The minimum atomic E-state index is -4.73. The summed E-state index contributed by atoms with van der Waals surface area (Å²) in [7, 11) is -1.61. The molecule has 0 aliphatic rings. The van der Waals surface area contributed by atoms with Crippen LogP contribution in [0.1, 0.15) is 16.7 Å². The van der Waals surface area contributed by atoms with E-state index in [1.165, 1.54) is 38.5 Å².